The van der Waals surface area contributed by atoms with Gasteiger partial charge >= 0.3 is 0 Å². The highest BCUT2D eigenvalue weighted by atomic mass is 16.5. The molecule has 1 aromatic carbocycles. The normalized spacial score (nSPS) is 10.2. The van der Waals surface area contributed by atoms with Crippen molar-refractivity contribution < 1.29 is 9.53 Å². The van der Waals surface area contributed by atoms with Crippen molar-refractivity contribution in [3.05, 3.63) is 46.8 Å². The van der Waals surface area contributed by atoms with Crippen LogP contribution in [0.1, 0.15) is 27.3 Å². The van der Waals surface area contributed by atoms with E-state index in [9.17, 15) is 4.79 Å². The Kier molecular flexibility index (Phi) is 3.23. The molecule has 0 saturated heterocycles. The van der Waals surface area contributed by atoms with E-state index in [1.165, 1.54) is 0 Å². The van der Waals surface area contributed by atoms with Gasteiger partial charge in [0.05, 0.1) is 18.4 Å². The summed E-state index contributed by atoms with van der Waals surface area (Å²) in [7, 11) is 1.63. The van der Waals surface area contributed by atoms with Crippen molar-refractivity contribution in [3.63, 3.8) is 0 Å². The van der Waals surface area contributed by atoms with E-state index < -0.39 is 0 Å². The number of H-pyrrole nitrogens is 1. The van der Waals surface area contributed by atoms with Crippen molar-refractivity contribution >= 4 is 6.29 Å². The molecule has 0 fully saturated rings. The molecular formula is C13H14N2O2. The lowest BCUT2D eigenvalue weighted by Crippen LogP contribution is -1.96. The van der Waals surface area contributed by atoms with Crippen LogP contribution in [0.3, 0.4) is 0 Å². The van der Waals surface area contributed by atoms with Crippen molar-refractivity contribution in [1.82, 2.24) is 10.2 Å². The van der Waals surface area contributed by atoms with Crippen LogP contribution in [0.5, 0.6) is 5.75 Å². The Hall–Kier alpha value is -2.10. The number of carbonyl (C=O) groups excluding carboxylic acids is 1. The molecule has 0 atom stereocenters. The van der Waals surface area contributed by atoms with E-state index in [2.05, 4.69) is 10.2 Å². The van der Waals surface area contributed by atoms with E-state index in [4.69, 9.17) is 4.74 Å². The first-order chi connectivity index (χ1) is 8.26. The minimum absolute atomic E-state index is 0.586. The SMILES string of the molecule is COc1ccccc1Cc1n[nH]c(C)c1C=O. The molecule has 1 aromatic heterocycles. The maximum absolute atomic E-state index is 11.0. The van der Waals surface area contributed by atoms with Gasteiger partial charge in [0.1, 0.15) is 5.75 Å². The Labute approximate surface area is 99.6 Å². The molecule has 17 heavy (non-hydrogen) atoms. The molecule has 1 N–H and O–H groups in total. The number of hydrogen-bond donors (Lipinski definition) is 1. The van der Waals surface area contributed by atoms with Crippen LogP contribution in [0.15, 0.2) is 24.3 Å². The Bertz CT molecular complexity index is 532. The molecule has 0 amide bonds. The number of ether oxygens (including phenoxy) is 1. The number of aldehydes is 1. The molecule has 0 radical (unpaired) electrons. The van der Waals surface area contributed by atoms with E-state index in [0.717, 1.165) is 29.0 Å². The summed E-state index contributed by atoms with van der Waals surface area (Å²) < 4.78 is 5.27. The molecule has 0 aliphatic rings. The van der Waals surface area contributed by atoms with Crippen LogP contribution in [-0.4, -0.2) is 23.6 Å². The lowest BCUT2D eigenvalue weighted by Gasteiger charge is -2.06. The number of aromatic amines is 1. The van der Waals surface area contributed by atoms with Gasteiger partial charge in [0.2, 0.25) is 0 Å². The van der Waals surface area contributed by atoms with Gasteiger partial charge in [0, 0.05) is 17.7 Å². The van der Waals surface area contributed by atoms with Gasteiger partial charge in [0.25, 0.3) is 0 Å². The molecule has 2 aromatic rings. The van der Waals surface area contributed by atoms with Gasteiger partial charge in [-0.25, -0.2) is 0 Å². The fourth-order valence-corrected chi connectivity index (χ4v) is 1.81. The molecule has 4 nitrogen and oxygen atoms in total. The van der Waals surface area contributed by atoms with E-state index in [-0.39, 0.29) is 0 Å². The van der Waals surface area contributed by atoms with Crippen molar-refractivity contribution in [1.29, 1.82) is 0 Å². The summed E-state index contributed by atoms with van der Waals surface area (Å²) >= 11 is 0. The average molecular weight is 230 g/mol. The van der Waals surface area contributed by atoms with Crippen LogP contribution >= 0.6 is 0 Å². The average Bonchev–Trinajstić information content (AvgIpc) is 2.70. The summed E-state index contributed by atoms with van der Waals surface area (Å²) in [5, 5.41) is 6.97. The fourth-order valence-electron chi connectivity index (χ4n) is 1.81. The molecule has 88 valence electrons. The standard InChI is InChI=1S/C13H14N2O2/c1-9-11(8-16)12(15-14-9)7-10-5-3-4-6-13(10)17-2/h3-6,8H,7H2,1-2H3,(H,14,15). The zero-order valence-corrected chi connectivity index (χ0v) is 9.86. The summed E-state index contributed by atoms with van der Waals surface area (Å²) in [4.78, 5) is 11.0. The highest BCUT2D eigenvalue weighted by Gasteiger charge is 2.11. The molecule has 0 aliphatic carbocycles. The highest BCUT2D eigenvalue weighted by Crippen LogP contribution is 2.21. The Morgan fingerprint density at radius 3 is 2.88 bits per heavy atom. The molecule has 0 spiro atoms. The van der Waals surface area contributed by atoms with Crippen molar-refractivity contribution in [2.45, 2.75) is 13.3 Å². The second-order valence-electron chi connectivity index (χ2n) is 3.82. The van der Waals surface area contributed by atoms with Crippen LogP contribution in [-0.2, 0) is 6.42 Å². The zero-order chi connectivity index (χ0) is 12.3. The van der Waals surface area contributed by atoms with Gasteiger partial charge in [-0.15, -0.1) is 0 Å². The summed E-state index contributed by atoms with van der Waals surface area (Å²) in [6, 6.07) is 7.73. The topological polar surface area (TPSA) is 55.0 Å². The largest absolute Gasteiger partial charge is 0.496 e. The molecule has 0 saturated carbocycles. The summed E-state index contributed by atoms with van der Waals surface area (Å²) in [6.07, 6.45) is 1.42. The molecule has 0 aliphatic heterocycles. The number of hydrogen-bond acceptors (Lipinski definition) is 3. The summed E-state index contributed by atoms with van der Waals surface area (Å²) in [6.45, 7) is 1.84. The minimum atomic E-state index is 0.586. The quantitative estimate of drug-likeness (QED) is 0.818. The third kappa shape index (κ3) is 2.20. The molecule has 1 heterocycles. The van der Waals surface area contributed by atoms with Crippen molar-refractivity contribution in [3.8, 4) is 5.75 Å². The van der Waals surface area contributed by atoms with Crippen molar-refractivity contribution in [2.24, 2.45) is 0 Å². The van der Waals surface area contributed by atoms with Gasteiger partial charge in [-0.05, 0) is 13.0 Å². The fraction of sp³-hybridized carbons (Fsp3) is 0.231. The second kappa shape index (κ2) is 4.82. The number of methoxy groups -OCH3 is 1. The number of rotatable bonds is 4. The summed E-state index contributed by atoms with van der Waals surface area (Å²) in [5.74, 6) is 0.810. The number of nitrogens with one attached hydrogen (secondary N) is 1. The first-order valence-corrected chi connectivity index (χ1v) is 5.37. The number of benzene rings is 1. The van der Waals surface area contributed by atoms with Crippen LogP contribution in [0, 0.1) is 6.92 Å². The molecule has 0 unspecified atom stereocenters. The Morgan fingerprint density at radius 1 is 1.41 bits per heavy atom. The summed E-state index contributed by atoms with van der Waals surface area (Å²) in [5.41, 5.74) is 3.20. The molecular weight excluding hydrogens is 216 g/mol. The Balaban J connectivity index is 2.34. The lowest BCUT2D eigenvalue weighted by molar-refractivity contribution is 0.112. The van der Waals surface area contributed by atoms with E-state index in [0.29, 0.717) is 12.0 Å². The molecule has 2 rings (SSSR count). The zero-order valence-electron chi connectivity index (χ0n) is 9.86. The third-order valence-corrected chi connectivity index (χ3v) is 2.74. The maximum atomic E-state index is 11.0. The number of para-hydroxylation sites is 1. The van der Waals surface area contributed by atoms with Crippen LogP contribution in [0.25, 0.3) is 0 Å². The number of carbonyl (C=O) groups is 1. The van der Waals surface area contributed by atoms with Crippen LogP contribution < -0.4 is 4.74 Å². The van der Waals surface area contributed by atoms with Gasteiger partial charge < -0.3 is 4.74 Å². The first kappa shape index (κ1) is 11.4. The number of aryl methyl sites for hydroxylation is 1. The smallest absolute Gasteiger partial charge is 0.153 e. The van der Waals surface area contributed by atoms with Crippen LogP contribution in [0.4, 0.5) is 0 Å². The van der Waals surface area contributed by atoms with Crippen LogP contribution in [0.2, 0.25) is 0 Å². The van der Waals surface area contributed by atoms with E-state index in [1.807, 2.05) is 31.2 Å². The Morgan fingerprint density at radius 2 is 2.18 bits per heavy atom. The van der Waals surface area contributed by atoms with E-state index in [1.54, 1.807) is 7.11 Å². The van der Waals surface area contributed by atoms with Crippen molar-refractivity contribution in [2.75, 3.05) is 7.11 Å². The molecule has 0 bridgehead atoms. The first-order valence-electron chi connectivity index (χ1n) is 5.37. The minimum Gasteiger partial charge on any atom is -0.496 e. The molecule has 4 heteroatoms. The maximum Gasteiger partial charge on any atom is 0.153 e. The third-order valence-electron chi connectivity index (χ3n) is 2.74. The predicted molar refractivity (Wildman–Crippen MR) is 64.5 cm³/mol. The predicted octanol–water partition coefficient (Wildman–Crippen LogP) is 2.13. The van der Waals surface area contributed by atoms with Gasteiger partial charge in [-0.2, -0.15) is 5.10 Å². The van der Waals surface area contributed by atoms with Gasteiger partial charge in [-0.1, -0.05) is 18.2 Å². The monoisotopic (exact) mass is 230 g/mol. The number of aromatic nitrogens is 2. The number of nitrogens with zero attached hydrogens (tertiary/aromatic N) is 1. The van der Waals surface area contributed by atoms with Gasteiger partial charge in [-0.3, -0.25) is 9.89 Å². The van der Waals surface area contributed by atoms with Gasteiger partial charge in [0.15, 0.2) is 6.29 Å². The van der Waals surface area contributed by atoms with E-state index >= 15 is 0 Å². The lowest BCUT2D eigenvalue weighted by atomic mass is 10.1. The second-order valence-corrected chi connectivity index (χ2v) is 3.82. The highest BCUT2D eigenvalue weighted by molar-refractivity contribution is 5.78.